The van der Waals surface area contributed by atoms with E-state index in [1.54, 1.807) is 36.4 Å². The Morgan fingerprint density at radius 1 is 0.926 bits per heavy atom. The molecule has 0 unspecified atom stereocenters. The number of anilines is 1. The number of para-hydroxylation sites is 1. The number of ether oxygens (including phenoxy) is 1. The zero-order valence-electron chi connectivity index (χ0n) is 14.7. The summed E-state index contributed by atoms with van der Waals surface area (Å²) >= 11 is 0. The van der Waals surface area contributed by atoms with Gasteiger partial charge in [0.2, 0.25) is 0 Å². The van der Waals surface area contributed by atoms with E-state index >= 15 is 0 Å². The van der Waals surface area contributed by atoms with Crippen molar-refractivity contribution in [2.24, 2.45) is 0 Å². The van der Waals surface area contributed by atoms with Crippen LogP contribution >= 0.6 is 0 Å². The van der Waals surface area contributed by atoms with Gasteiger partial charge < -0.3 is 15.2 Å². The molecular weight excluding hydrogens is 341 g/mol. The fourth-order valence-corrected chi connectivity index (χ4v) is 2.56. The van der Waals surface area contributed by atoms with E-state index in [9.17, 15) is 14.7 Å². The van der Waals surface area contributed by atoms with E-state index in [2.05, 4.69) is 5.32 Å². The number of carbonyl (C=O) groups is 2. The number of carboxylic acids is 1. The fourth-order valence-electron chi connectivity index (χ4n) is 2.56. The van der Waals surface area contributed by atoms with E-state index in [-0.39, 0.29) is 11.3 Å². The summed E-state index contributed by atoms with van der Waals surface area (Å²) in [6.45, 7) is 1.88. The lowest BCUT2D eigenvalue weighted by Gasteiger charge is -2.12. The number of nitrogens with one attached hydrogen (secondary N) is 1. The molecule has 0 atom stereocenters. The maximum absolute atomic E-state index is 12.6. The van der Waals surface area contributed by atoms with Crippen molar-refractivity contribution < 1.29 is 19.4 Å². The second kappa shape index (κ2) is 8.23. The van der Waals surface area contributed by atoms with Gasteiger partial charge in [-0.15, -0.1) is 0 Å². The van der Waals surface area contributed by atoms with Gasteiger partial charge in [-0.3, -0.25) is 4.79 Å². The number of hydrogen-bond acceptors (Lipinski definition) is 3. The van der Waals surface area contributed by atoms with E-state index in [0.717, 1.165) is 5.46 Å². The zero-order chi connectivity index (χ0) is 19.2. The van der Waals surface area contributed by atoms with Crippen LogP contribution in [0.2, 0.25) is 6.82 Å². The Labute approximate surface area is 157 Å². The monoisotopic (exact) mass is 358 g/mol. The highest BCUT2D eigenvalue weighted by atomic mass is 16.5. The number of carbonyl (C=O) groups excluding carboxylic acids is 1. The van der Waals surface area contributed by atoms with Crippen molar-refractivity contribution in [2.45, 2.75) is 6.82 Å². The molecule has 0 aliphatic rings. The smallest absolute Gasteiger partial charge is 0.337 e. The highest BCUT2D eigenvalue weighted by Crippen LogP contribution is 2.27. The first-order valence-electron chi connectivity index (χ1n) is 8.38. The predicted octanol–water partition coefficient (Wildman–Crippen LogP) is 3.81. The minimum absolute atomic E-state index is 0.0121. The second-order valence-electron chi connectivity index (χ2n) is 5.80. The van der Waals surface area contributed by atoms with Crippen molar-refractivity contribution in [3.8, 4) is 11.5 Å². The lowest BCUT2D eigenvalue weighted by molar-refractivity contribution is 0.0698. The van der Waals surface area contributed by atoms with E-state index in [1.165, 1.54) is 12.1 Å². The molecule has 5 nitrogen and oxygen atoms in total. The largest absolute Gasteiger partial charge is 0.478 e. The standard InChI is InChI=1S/C21H17BNO4/c1-22-15-7-5-6-14(12-15)20(24)23-19-13-17(10-11-18(19)21(25)26)27-16-8-3-2-4-9-16/h2-13H,1H3,(H,23,24)(H,25,26). The maximum Gasteiger partial charge on any atom is 0.337 e. The summed E-state index contributed by atoms with van der Waals surface area (Å²) < 4.78 is 5.73. The van der Waals surface area contributed by atoms with Gasteiger partial charge in [-0.05, 0) is 30.3 Å². The van der Waals surface area contributed by atoms with Crippen molar-refractivity contribution in [1.29, 1.82) is 0 Å². The highest BCUT2D eigenvalue weighted by Gasteiger charge is 2.15. The van der Waals surface area contributed by atoms with Crippen LogP contribution in [-0.4, -0.2) is 24.3 Å². The highest BCUT2D eigenvalue weighted by molar-refractivity contribution is 6.52. The summed E-state index contributed by atoms with van der Waals surface area (Å²) in [5.41, 5.74) is 1.51. The van der Waals surface area contributed by atoms with Gasteiger partial charge in [0.15, 0.2) is 0 Å². The molecule has 133 valence electrons. The predicted molar refractivity (Wildman–Crippen MR) is 106 cm³/mol. The van der Waals surface area contributed by atoms with Gasteiger partial charge >= 0.3 is 5.97 Å². The number of benzene rings is 3. The Hall–Kier alpha value is -3.54. The lowest BCUT2D eigenvalue weighted by atomic mass is 9.73. The van der Waals surface area contributed by atoms with Crippen LogP contribution < -0.4 is 15.5 Å². The molecule has 0 spiro atoms. The molecule has 6 heteroatoms. The second-order valence-corrected chi connectivity index (χ2v) is 5.80. The van der Waals surface area contributed by atoms with Crippen LogP contribution in [0.1, 0.15) is 20.7 Å². The number of carboxylic acid groups (broad SMARTS) is 1. The topological polar surface area (TPSA) is 75.6 Å². The molecule has 0 aliphatic carbocycles. The SMILES string of the molecule is C[B]c1cccc(C(=O)Nc2cc(Oc3ccccc3)ccc2C(=O)O)c1. The van der Waals surface area contributed by atoms with E-state index in [4.69, 9.17) is 4.74 Å². The van der Waals surface area contributed by atoms with Crippen molar-refractivity contribution in [2.75, 3.05) is 5.32 Å². The van der Waals surface area contributed by atoms with Gasteiger partial charge in [0.05, 0.1) is 11.3 Å². The Balaban J connectivity index is 1.88. The molecule has 3 aromatic rings. The molecule has 1 amide bonds. The number of hydrogen-bond donors (Lipinski definition) is 2. The van der Waals surface area contributed by atoms with E-state index in [1.807, 2.05) is 38.4 Å². The van der Waals surface area contributed by atoms with Crippen LogP contribution in [0.4, 0.5) is 5.69 Å². The van der Waals surface area contributed by atoms with Crippen LogP contribution in [0.3, 0.4) is 0 Å². The normalized spacial score (nSPS) is 10.1. The molecule has 27 heavy (non-hydrogen) atoms. The Morgan fingerprint density at radius 2 is 1.70 bits per heavy atom. The molecular formula is C21H17BNO4. The Bertz CT molecular complexity index is 973. The number of rotatable bonds is 6. The van der Waals surface area contributed by atoms with Crippen molar-refractivity contribution >= 4 is 30.3 Å². The molecule has 0 bridgehead atoms. The van der Waals surface area contributed by atoms with Gasteiger partial charge in [0, 0.05) is 11.6 Å². The van der Waals surface area contributed by atoms with Crippen molar-refractivity contribution in [1.82, 2.24) is 0 Å². The van der Waals surface area contributed by atoms with Gasteiger partial charge in [0.25, 0.3) is 5.91 Å². The lowest BCUT2D eigenvalue weighted by Crippen LogP contribution is -2.18. The first kappa shape index (κ1) is 18.3. The third-order valence-electron chi connectivity index (χ3n) is 3.93. The first-order valence-corrected chi connectivity index (χ1v) is 8.38. The Kier molecular flexibility index (Phi) is 5.57. The first-order chi connectivity index (χ1) is 13.1. The van der Waals surface area contributed by atoms with E-state index < -0.39 is 11.9 Å². The summed E-state index contributed by atoms with van der Waals surface area (Å²) in [6, 6.07) is 20.6. The summed E-state index contributed by atoms with van der Waals surface area (Å²) in [5.74, 6) is -0.480. The quantitative estimate of drug-likeness (QED) is 0.657. The van der Waals surface area contributed by atoms with Crippen LogP contribution in [0, 0.1) is 0 Å². The molecule has 2 N–H and O–H groups in total. The molecule has 3 rings (SSSR count). The zero-order valence-corrected chi connectivity index (χ0v) is 14.7. The van der Waals surface area contributed by atoms with Gasteiger partial charge in [-0.1, -0.05) is 48.7 Å². The summed E-state index contributed by atoms with van der Waals surface area (Å²) in [5, 5.41) is 12.1. The minimum Gasteiger partial charge on any atom is -0.478 e. The fraction of sp³-hybridized carbons (Fsp3) is 0.0476. The molecule has 3 aromatic carbocycles. The summed E-state index contributed by atoms with van der Waals surface area (Å²) in [4.78, 5) is 24.1. The number of aromatic carboxylic acids is 1. The average molecular weight is 358 g/mol. The summed E-state index contributed by atoms with van der Waals surface area (Å²) in [6.07, 6.45) is 0. The average Bonchev–Trinajstić information content (AvgIpc) is 2.68. The van der Waals surface area contributed by atoms with Gasteiger partial charge in [-0.2, -0.15) is 0 Å². The summed E-state index contributed by atoms with van der Waals surface area (Å²) in [7, 11) is 1.88. The third-order valence-corrected chi connectivity index (χ3v) is 3.93. The van der Waals surface area contributed by atoms with Crippen LogP contribution in [-0.2, 0) is 0 Å². The van der Waals surface area contributed by atoms with Crippen LogP contribution in [0.25, 0.3) is 0 Å². The molecule has 0 fully saturated rings. The van der Waals surface area contributed by atoms with E-state index in [0.29, 0.717) is 17.1 Å². The minimum atomic E-state index is -1.13. The van der Waals surface area contributed by atoms with Crippen LogP contribution in [0.15, 0.2) is 72.8 Å². The molecule has 0 aromatic heterocycles. The van der Waals surface area contributed by atoms with Crippen LogP contribution in [0.5, 0.6) is 11.5 Å². The maximum atomic E-state index is 12.6. The van der Waals surface area contributed by atoms with Gasteiger partial charge in [0.1, 0.15) is 18.8 Å². The Morgan fingerprint density at radius 3 is 2.41 bits per heavy atom. The van der Waals surface area contributed by atoms with Gasteiger partial charge in [-0.25, -0.2) is 4.79 Å². The molecule has 0 heterocycles. The molecule has 0 saturated heterocycles. The van der Waals surface area contributed by atoms with Crippen molar-refractivity contribution in [3.63, 3.8) is 0 Å². The molecule has 1 radical (unpaired) electrons. The third kappa shape index (κ3) is 4.55. The molecule has 0 saturated carbocycles. The molecule has 0 aliphatic heterocycles. The number of amides is 1. The van der Waals surface area contributed by atoms with Crippen molar-refractivity contribution in [3.05, 3.63) is 83.9 Å².